The van der Waals surface area contributed by atoms with Gasteiger partial charge >= 0.3 is 0 Å². The number of benzene rings is 1. The van der Waals surface area contributed by atoms with Crippen molar-refractivity contribution in [2.24, 2.45) is 0 Å². The van der Waals surface area contributed by atoms with Gasteiger partial charge in [0.15, 0.2) is 0 Å². The zero-order valence-corrected chi connectivity index (χ0v) is 22.4. The highest BCUT2D eigenvalue weighted by Crippen LogP contribution is 2.35. The van der Waals surface area contributed by atoms with Crippen molar-refractivity contribution in [1.29, 1.82) is 0 Å². The largest absolute Gasteiger partial charge is 0.388 e. The first-order chi connectivity index (χ1) is 19.2. The summed E-state index contributed by atoms with van der Waals surface area (Å²) in [5.74, 6) is -1.42. The van der Waals surface area contributed by atoms with Crippen LogP contribution in [0.5, 0.6) is 0 Å². The Morgan fingerprint density at radius 3 is 2.65 bits per heavy atom. The number of nitrogens with zero attached hydrogens (tertiary/aromatic N) is 5. The summed E-state index contributed by atoms with van der Waals surface area (Å²) in [6.07, 6.45) is 2.75. The van der Waals surface area contributed by atoms with Crippen LogP contribution in [0, 0.1) is 5.95 Å². The topological polar surface area (TPSA) is 93.2 Å². The van der Waals surface area contributed by atoms with E-state index in [0.29, 0.717) is 10.9 Å². The van der Waals surface area contributed by atoms with E-state index in [0.717, 1.165) is 46.6 Å². The second-order valence-electron chi connectivity index (χ2n) is 10.7. The third kappa shape index (κ3) is 5.05. The molecule has 3 aromatic heterocycles. The number of rotatable bonds is 7. The maximum atomic E-state index is 13.6. The van der Waals surface area contributed by atoms with Crippen LogP contribution < -0.4 is 5.56 Å². The van der Waals surface area contributed by atoms with E-state index in [1.54, 1.807) is 5.38 Å². The number of alkyl halides is 2. The molecule has 1 fully saturated rings. The summed E-state index contributed by atoms with van der Waals surface area (Å²) >= 11 is 1.48. The Morgan fingerprint density at radius 2 is 1.93 bits per heavy atom. The summed E-state index contributed by atoms with van der Waals surface area (Å²) < 4.78 is 42.5. The van der Waals surface area contributed by atoms with E-state index in [2.05, 4.69) is 28.3 Å². The van der Waals surface area contributed by atoms with Crippen LogP contribution in [0.3, 0.4) is 0 Å². The monoisotopic (exact) mass is 571 g/mol. The molecule has 0 bridgehead atoms. The van der Waals surface area contributed by atoms with Crippen molar-refractivity contribution in [3.63, 3.8) is 0 Å². The Hall–Kier alpha value is -3.51. The van der Waals surface area contributed by atoms with Crippen molar-refractivity contribution in [1.82, 2.24) is 24.2 Å². The van der Waals surface area contributed by atoms with Crippen molar-refractivity contribution >= 4 is 28.1 Å². The van der Waals surface area contributed by atoms with Crippen molar-refractivity contribution < 1.29 is 23.1 Å². The standard InChI is InChI=1S/C28H28F3N5O3S/c29-22-6-9-36(33-22)21(26(30)31)13-23(37)34-10-7-28(39,8-11-34)15-35-16-32-24-20(27(35)38)14-40-25(24)19-5-4-17-2-1-3-18(17)12-19/h4-6,9,12,14,16,21,26,39H,1-3,7-8,10-11,13,15H2. The minimum Gasteiger partial charge on any atom is -0.388 e. The van der Waals surface area contributed by atoms with Gasteiger partial charge in [0.2, 0.25) is 11.9 Å². The summed E-state index contributed by atoms with van der Waals surface area (Å²) in [5.41, 5.74) is 2.91. The molecular formula is C28H28F3N5O3S. The number of halogens is 3. The fraction of sp³-hybridized carbons (Fsp3) is 0.429. The molecule has 1 aliphatic carbocycles. The number of piperidine rings is 1. The summed E-state index contributed by atoms with van der Waals surface area (Å²) in [6.45, 7) is 0.293. The number of thiophene rings is 1. The average molecular weight is 572 g/mol. The number of likely N-dealkylation sites (tertiary alicyclic amines) is 1. The molecule has 1 amide bonds. The van der Waals surface area contributed by atoms with Crippen LogP contribution in [0.15, 0.2) is 47.0 Å². The van der Waals surface area contributed by atoms with Gasteiger partial charge in [0.1, 0.15) is 6.04 Å². The third-order valence-electron chi connectivity index (χ3n) is 8.04. The third-order valence-corrected chi connectivity index (χ3v) is 9.06. The van der Waals surface area contributed by atoms with E-state index in [4.69, 9.17) is 0 Å². The quantitative estimate of drug-likeness (QED) is 0.359. The van der Waals surface area contributed by atoms with E-state index >= 15 is 0 Å². The number of aryl methyl sites for hydroxylation is 2. The van der Waals surface area contributed by atoms with Gasteiger partial charge in [-0.2, -0.15) is 4.39 Å². The first-order valence-corrected chi connectivity index (χ1v) is 14.2. The molecule has 6 rings (SSSR count). The first-order valence-electron chi connectivity index (χ1n) is 13.3. The Kier molecular flexibility index (Phi) is 6.99. The second kappa shape index (κ2) is 10.5. The molecule has 1 aliphatic heterocycles. The van der Waals surface area contributed by atoms with Gasteiger partial charge in [-0.25, -0.2) is 13.8 Å². The minimum absolute atomic E-state index is 0.00700. The lowest BCUT2D eigenvalue weighted by Crippen LogP contribution is -2.50. The number of hydrogen-bond donors (Lipinski definition) is 1. The molecule has 210 valence electrons. The molecule has 2 aliphatic rings. The minimum atomic E-state index is -2.90. The Bertz CT molecular complexity index is 1620. The lowest BCUT2D eigenvalue weighted by Gasteiger charge is -2.38. The van der Waals surface area contributed by atoms with Gasteiger partial charge in [0.25, 0.3) is 12.0 Å². The number of amides is 1. The Balaban J connectivity index is 1.13. The van der Waals surface area contributed by atoms with Crippen molar-refractivity contribution in [3.8, 4) is 10.4 Å². The number of aliphatic hydroxyl groups is 1. The molecule has 0 radical (unpaired) electrons. The summed E-state index contributed by atoms with van der Waals surface area (Å²) in [5, 5.41) is 16.9. The molecule has 1 saturated heterocycles. The molecule has 4 aromatic rings. The number of carbonyl (C=O) groups is 1. The number of carbonyl (C=O) groups excluding carboxylic acids is 1. The second-order valence-corrected chi connectivity index (χ2v) is 11.6. The summed E-state index contributed by atoms with van der Waals surface area (Å²) in [6, 6.07) is 5.80. The van der Waals surface area contributed by atoms with E-state index < -0.39 is 36.3 Å². The Labute approximate surface area is 231 Å². The maximum absolute atomic E-state index is 13.6. The van der Waals surface area contributed by atoms with Crippen LogP contribution >= 0.6 is 11.3 Å². The van der Waals surface area contributed by atoms with E-state index in [1.807, 2.05) is 0 Å². The van der Waals surface area contributed by atoms with E-state index in [9.17, 15) is 27.9 Å². The zero-order valence-electron chi connectivity index (χ0n) is 21.6. The van der Waals surface area contributed by atoms with Gasteiger partial charge in [0.05, 0.1) is 40.7 Å². The molecule has 0 spiro atoms. The Morgan fingerprint density at radius 1 is 1.15 bits per heavy atom. The van der Waals surface area contributed by atoms with Gasteiger partial charge in [-0.3, -0.25) is 18.8 Å². The summed E-state index contributed by atoms with van der Waals surface area (Å²) in [7, 11) is 0. The van der Waals surface area contributed by atoms with Crippen LogP contribution in [0.1, 0.15) is 42.9 Å². The normalized spacial score (nSPS) is 17.5. The van der Waals surface area contributed by atoms with Crippen LogP contribution in [0.25, 0.3) is 21.3 Å². The van der Waals surface area contributed by atoms with Crippen LogP contribution in [0.2, 0.25) is 0 Å². The fourth-order valence-corrected chi connectivity index (χ4v) is 6.74. The van der Waals surface area contributed by atoms with Gasteiger partial charge in [-0.1, -0.05) is 12.1 Å². The number of aromatic nitrogens is 4. The smallest absolute Gasteiger partial charge is 0.262 e. The SMILES string of the molecule is O=C(CC(C(F)F)n1ccc(F)n1)N1CCC(O)(Cn2cnc3c(-c4ccc5c(c4)CCC5)scc3c2=O)CC1. The van der Waals surface area contributed by atoms with Crippen molar-refractivity contribution in [2.45, 2.75) is 63.1 Å². The van der Waals surface area contributed by atoms with Crippen molar-refractivity contribution in [3.05, 3.63) is 69.6 Å². The van der Waals surface area contributed by atoms with E-state index in [1.165, 1.54) is 38.3 Å². The number of fused-ring (bicyclic) bond motifs is 2. The highest BCUT2D eigenvalue weighted by Gasteiger charge is 2.36. The highest BCUT2D eigenvalue weighted by molar-refractivity contribution is 7.15. The predicted molar refractivity (Wildman–Crippen MR) is 144 cm³/mol. The molecular weight excluding hydrogens is 543 g/mol. The average Bonchev–Trinajstić information content (AvgIpc) is 3.68. The lowest BCUT2D eigenvalue weighted by molar-refractivity contribution is -0.138. The van der Waals surface area contributed by atoms with Crippen LogP contribution in [-0.4, -0.2) is 60.4 Å². The molecule has 8 nitrogen and oxygen atoms in total. The fourth-order valence-electron chi connectivity index (χ4n) is 5.75. The first kappa shape index (κ1) is 26.7. The predicted octanol–water partition coefficient (Wildman–Crippen LogP) is 4.20. The lowest BCUT2D eigenvalue weighted by atomic mass is 9.91. The molecule has 1 aromatic carbocycles. The maximum Gasteiger partial charge on any atom is 0.262 e. The van der Waals surface area contributed by atoms with Crippen molar-refractivity contribution in [2.75, 3.05) is 13.1 Å². The zero-order chi connectivity index (χ0) is 28.0. The highest BCUT2D eigenvalue weighted by atomic mass is 32.1. The van der Waals surface area contributed by atoms with Gasteiger partial charge in [0, 0.05) is 30.7 Å². The summed E-state index contributed by atoms with van der Waals surface area (Å²) in [4.78, 5) is 33.0. The molecule has 1 atom stereocenters. The number of hydrogen-bond acceptors (Lipinski definition) is 6. The molecule has 1 unspecified atom stereocenters. The molecule has 4 heterocycles. The van der Waals surface area contributed by atoms with Gasteiger partial charge in [-0.15, -0.1) is 16.4 Å². The molecule has 12 heteroatoms. The van der Waals surface area contributed by atoms with Crippen LogP contribution in [0.4, 0.5) is 13.2 Å². The molecule has 40 heavy (non-hydrogen) atoms. The van der Waals surface area contributed by atoms with Gasteiger partial charge in [-0.05, 0) is 54.9 Å². The van der Waals surface area contributed by atoms with Crippen LogP contribution in [-0.2, 0) is 24.2 Å². The van der Waals surface area contributed by atoms with Gasteiger partial charge < -0.3 is 10.0 Å². The molecule has 1 N–H and O–H groups in total. The van der Waals surface area contributed by atoms with E-state index in [-0.39, 0.29) is 38.0 Å². The molecule has 0 saturated carbocycles.